The van der Waals surface area contributed by atoms with E-state index < -0.39 is 6.04 Å². The maximum absolute atomic E-state index is 13.0. The molecule has 1 aliphatic heterocycles. The number of ether oxygens (including phenoxy) is 1. The second-order valence-electron chi connectivity index (χ2n) is 9.26. The van der Waals surface area contributed by atoms with Crippen LogP contribution in [0, 0.1) is 5.92 Å². The van der Waals surface area contributed by atoms with Gasteiger partial charge in [-0.15, -0.1) is 0 Å². The SMILES string of the molecule is CC(C)C(NC(=O)c1ccc(C(C)(C)C)cc1)C(=O)NC1CCOc2ccccc21. The monoisotopic (exact) mass is 408 g/mol. The summed E-state index contributed by atoms with van der Waals surface area (Å²) in [7, 11) is 0. The van der Waals surface area contributed by atoms with E-state index in [9.17, 15) is 9.59 Å². The van der Waals surface area contributed by atoms with Crippen LogP contribution in [0.3, 0.4) is 0 Å². The second kappa shape index (κ2) is 8.90. The smallest absolute Gasteiger partial charge is 0.251 e. The molecule has 0 bridgehead atoms. The summed E-state index contributed by atoms with van der Waals surface area (Å²) in [6.45, 7) is 10.8. The lowest BCUT2D eigenvalue weighted by atomic mass is 9.86. The fourth-order valence-corrected chi connectivity index (χ4v) is 3.63. The van der Waals surface area contributed by atoms with Crippen LogP contribution in [-0.4, -0.2) is 24.5 Å². The average molecular weight is 409 g/mol. The van der Waals surface area contributed by atoms with Gasteiger partial charge in [-0.1, -0.05) is 65.0 Å². The summed E-state index contributed by atoms with van der Waals surface area (Å²) >= 11 is 0. The Balaban J connectivity index is 1.70. The number of fused-ring (bicyclic) bond motifs is 1. The first-order chi connectivity index (χ1) is 14.2. The lowest BCUT2D eigenvalue weighted by molar-refractivity contribution is -0.124. The van der Waals surface area contributed by atoms with Gasteiger partial charge in [0.2, 0.25) is 5.91 Å². The molecule has 2 amide bonds. The van der Waals surface area contributed by atoms with Gasteiger partial charge in [0.05, 0.1) is 12.6 Å². The third kappa shape index (κ3) is 5.02. The van der Waals surface area contributed by atoms with E-state index in [2.05, 4.69) is 31.4 Å². The fraction of sp³-hybridized carbons (Fsp3) is 0.440. The number of rotatable bonds is 5. The van der Waals surface area contributed by atoms with Crippen molar-refractivity contribution < 1.29 is 14.3 Å². The molecule has 0 spiro atoms. The zero-order valence-corrected chi connectivity index (χ0v) is 18.5. The fourth-order valence-electron chi connectivity index (χ4n) is 3.63. The van der Waals surface area contributed by atoms with Gasteiger partial charge in [-0.05, 0) is 35.1 Å². The predicted octanol–water partition coefficient (Wildman–Crippen LogP) is 4.38. The van der Waals surface area contributed by atoms with Gasteiger partial charge in [-0.3, -0.25) is 9.59 Å². The van der Waals surface area contributed by atoms with Crippen LogP contribution in [-0.2, 0) is 10.2 Å². The lowest BCUT2D eigenvalue weighted by Crippen LogP contribution is -2.50. The highest BCUT2D eigenvalue weighted by atomic mass is 16.5. The van der Waals surface area contributed by atoms with Gasteiger partial charge >= 0.3 is 0 Å². The number of amides is 2. The first-order valence-electron chi connectivity index (χ1n) is 10.6. The van der Waals surface area contributed by atoms with Crippen molar-refractivity contribution in [2.75, 3.05) is 6.61 Å². The molecule has 3 rings (SSSR count). The largest absolute Gasteiger partial charge is 0.493 e. The highest BCUT2D eigenvalue weighted by Gasteiger charge is 2.29. The molecular formula is C25H32N2O3. The molecule has 1 heterocycles. The molecule has 2 aromatic carbocycles. The van der Waals surface area contributed by atoms with E-state index in [1.54, 1.807) is 0 Å². The Hall–Kier alpha value is -2.82. The minimum Gasteiger partial charge on any atom is -0.493 e. The van der Waals surface area contributed by atoms with E-state index in [-0.39, 0.29) is 29.2 Å². The summed E-state index contributed by atoms with van der Waals surface area (Å²) in [4.78, 5) is 25.9. The lowest BCUT2D eigenvalue weighted by Gasteiger charge is -2.29. The van der Waals surface area contributed by atoms with Crippen molar-refractivity contribution in [1.82, 2.24) is 10.6 Å². The normalized spacial score (nSPS) is 16.9. The molecule has 2 atom stereocenters. The van der Waals surface area contributed by atoms with Crippen LogP contribution in [0.5, 0.6) is 5.75 Å². The van der Waals surface area contributed by atoms with Gasteiger partial charge in [-0.25, -0.2) is 0 Å². The van der Waals surface area contributed by atoms with Crippen molar-refractivity contribution in [2.45, 2.75) is 58.5 Å². The zero-order valence-electron chi connectivity index (χ0n) is 18.5. The molecular weight excluding hydrogens is 376 g/mol. The Morgan fingerprint density at radius 3 is 2.33 bits per heavy atom. The van der Waals surface area contributed by atoms with Gasteiger partial charge in [0.15, 0.2) is 0 Å². The highest BCUT2D eigenvalue weighted by molar-refractivity contribution is 5.97. The molecule has 1 aliphatic rings. The van der Waals surface area contributed by atoms with E-state index in [0.717, 1.165) is 16.9 Å². The van der Waals surface area contributed by atoms with Crippen LogP contribution < -0.4 is 15.4 Å². The molecule has 30 heavy (non-hydrogen) atoms. The number of hydrogen-bond donors (Lipinski definition) is 2. The van der Waals surface area contributed by atoms with E-state index in [4.69, 9.17) is 4.74 Å². The van der Waals surface area contributed by atoms with Crippen molar-refractivity contribution in [1.29, 1.82) is 0 Å². The van der Waals surface area contributed by atoms with Crippen LogP contribution in [0.15, 0.2) is 48.5 Å². The molecule has 160 valence electrons. The molecule has 5 heteroatoms. The number of benzene rings is 2. The van der Waals surface area contributed by atoms with Gasteiger partial charge in [0, 0.05) is 17.5 Å². The number of carbonyl (C=O) groups excluding carboxylic acids is 2. The molecule has 0 aliphatic carbocycles. The predicted molar refractivity (Wildman–Crippen MR) is 119 cm³/mol. The van der Waals surface area contributed by atoms with Crippen molar-refractivity contribution in [2.24, 2.45) is 5.92 Å². The minimum atomic E-state index is -0.616. The summed E-state index contributed by atoms with van der Waals surface area (Å²) in [6, 6.07) is 14.6. The molecule has 2 unspecified atom stereocenters. The molecule has 0 aromatic heterocycles. The van der Waals surface area contributed by atoms with Crippen LogP contribution in [0.1, 0.15) is 68.6 Å². The van der Waals surface area contributed by atoms with Gasteiger partial charge < -0.3 is 15.4 Å². The molecule has 2 aromatic rings. The maximum atomic E-state index is 13.0. The topological polar surface area (TPSA) is 67.4 Å². The Kier molecular flexibility index (Phi) is 6.49. The number of nitrogens with one attached hydrogen (secondary N) is 2. The Morgan fingerprint density at radius 2 is 1.70 bits per heavy atom. The summed E-state index contributed by atoms with van der Waals surface area (Å²) in [6.07, 6.45) is 0.704. The van der Waals surface area contributed by atoms with Crippen LogP contribution in [0.2, 0.25) is 0 Å². The third-order valence-corrected chi connectivity index (χ3v) is 5.52. The molecule has 0 saturated carbocycles. The average Bonchev–Trinajstić information content (AvgIpc) is 2.71. The summed E-state index contributed by atoms with van der Waals surface area (Å²) in [5.41, 5.74) is 2.71. The maximum Gasteiger partial charge on any atom is 0.251 e. The van der Waals surface area contributed by atoms with Crippen molar-refractivity contribution in [3.8, 4) is 5.75 Å². The van der Waals surface area contributed by atoms with Gasteiger partial charge in [0.1, 0.15) is 11.8 Å². The van der Waals surface area contributed by atoms with E-state index in [1.165, 1.54) is 0 Å². The molecule has 0 saturated heterocycles. The second-order valence-corrected chi connectivity index (χ2v) is 9.26. The van der Waals surface area contributed by atoms with Crippen molar-refractivity contribution in [3.05, 3.63) is 65.2 Å². The Morgan fingerprint density at radius 1 is 1.03 bits per heavy atom. The van der Waals surface area contributed by atoms with Crippen LogP contribution >= 0.6 is 0 Å². The quantitative estimate of drug-likeness (QED) is 0.772. The van der Waals surface area contributed by atoms with Gasteiger partial charge in [-0.2, -0.15) is 0 Å². The number of para-hydroxylation sites is 1. The molecule has 0 fully saturated rings. The molecule has 2 N–H and O–H groups in total. The van der Waals surface area contributed by atoms with E-state index in [1.807, 2.05) is 62.4 Å². The van der Waals surface area contributed by atoms with E-state index >= 15 is 0 Å². The van der Waals surface area contributed by atoms with Crippen molar-refractivity contribution in [3.63, 3.8) is 0 Å². The summed E-state index contributed by atoms with van der Waals surface area (Å²) in [5.74, 6) is 0.346. The van der Waals surface area contributed by atoms with Crippen LogP contribution in [0.4, 0.5) is 0 Å². The zero-order chi connectivity index (χ0) is 21.9. The Bertz CT molecular complexity index is 897. The molecule has 5 nitrogen and oxygen atoms in total. The summed E-state index contributed by atoms with van der Waals surface area (Å²) < 4.78 is 5.68. The third-order valence-electron chi connectivity index (χ3n) is 5.52. The van der Waals surface area contributed by atoms with Gasteiger partial charge in [0.25, 0.3) is 5.91 Å². The number of hydrogen-bond acceptors (Lipinski definition) is 3. The Labute approximate surface area is 179 Å². The molecule has 0 radical (unpaired) electrons. The van der Waals surface area contributed by atoms with E-state index in [0.29, 0.717) is 18.6 Å². The summed E-state index contributed by atoms with van der Waals surface area (Å²) in [5, 5.41) is 6.03. The standard InChI is InChI=1S/C25H32N2O3/c1-16(2)22(27-23(28)17-10-12-18(13-11-17)25(3,4)5)24(29)26-20-14-15-30-21-9-7-6-8-19(20)21/h6-13,16,20,22H,14-15H2,1-5H3,(H,26,29)(H,27,28). The van der Waals surface area contributed by atoms with Crippen LogP contribution in [0.25, 0.3) is 0 Å². The van der Waals surface area contributed by atoms with Crippen molar-refractivity contribution >= 4 is 11.8 Å². The highest BCUT2D eigenvalue weighted by Crippen LogP contribution is 2.31. The minimum absolute atomic E-state index is 0.0232. The first kappa shape index (κ1) is 21.9. The number of carbonyl (C=O) groups is 2. The first-order valence-corrected chi connectivity index (χ1v) is 10.6.